The Kier molecular flexibility index (Phi) is 7.02. The minimum absolute atomic E-state index is 0.433. The van der Waals surface area contributed by atoms with Gasteiger partial charge in [0.2, 0.25) is 0 Å². The number of hydrogen-bond donors (Lipinski definition) is 1. The highest BCUT2D eigenvalue weighted by molar-refractivity contribution is 7.13. The van der Waals surface area contributed by atoms with Crippen molar-refractivity contribution in [2.45, 2.75) is 46.5 Å². The number of rotatable bonds is 9. The lowest BCUT2D eigenvalue weighted by molar-refractivity contribution is 0.0700. The van der Waals surface area contributed by atoms with Crippen LogP contribution < -0.4 is 0 Å². The lowest BCUT2D eigenvalue weighted by atomic mass is 10.2. The van der Waals surface area contributed by atoms with Crippen LogP contribution in [0.3, 0.4) is 0 Å². The molecule has 0 fully saturated rings. The molecule has 1 N–H and O–H groups in total. The van der Waals surface area contributed by atoms with Gasteiger partial charge in [-0.25, -0.2) is 9.78 Å². The van der Waals surface area contributed by atoms with Crippen molar-refractivity contribution in [1.82, 2.24) is 9.88 Å². The van der Waals surface area contributed by atoms with Crippen LogP contribution in [0.2, 0.25) is 0 Å². The van der Waals surface area contributed by atoms with Crippen molar-refractivity contribution in [2.24, 2.45) is 0 Å². The van der Waals surface area contributed by atoms with Gasteiger partial charge in [0.25, 0.3) is 0 Å². The van der Waals surface area contributed by atoms with E-state index in [0.717, 1.165) is 56.0 Å². The van der Waals surface area contributed by atoms with Gasteiger partial charge in [-0.05, 0) is 25.9 Å². The minimum Gasteiger partial charge on any atom is -0.477 e. The largest absolute Gasteiger partial charge is 0.477 e. The van der Waals surface area contributed by atoms with Crippen LogP contribution in [0.5, 0.6) is 0 Å². The van der Waals surface area contributed by atoms with Crippen molar-refractivity contribution in [3.8, 4) is 0 Å². The third-order valence-corrected chi connectivity index (χ3v) is 4.38. The minimum atomic E-state index is -0.835. The van der Waals surface area contributed by atoms with Gasteiger partial charge >= 0.3 is 5.97 Å². The second-order valence-corrected chi connectivity index (χ2v) is 5.65. The summed E-state index contributed by atoms with van der Waals surface area (Å²) in [7, 11) is 0. The number of carbonyl (C=O) groups is 1. The van der Waals surface area contributed by atoms with E-state index in [1.165, 1.54) is 11.3 Å². The van der Waals surface area contributed by atoms with E-state index >= 15 is 0 Å². The molecule has 108 valence electrons. The van der Waals surface area contributed by atoms with E-state index in [2.05, 4.69) is 30.7 Å². The second kappa shape index (κ2) is 8.27. The SMILES string of the molecule is CCCCc1nc(CCN(CC)CC)sc1C(=O)O. The van der Waals surface area contributed by atoms with Crippen molar-refractivity contribution in [1.29, 1.82) is 0 Å². The first-order chi connectivity index (χ1) is 9.12. The topological polar surface area (TPSA) is 53.4 Å². The summed E-state index contributed by atoms with van der Waals surface area (Å²) in [6, 6.07) is 0. The first kappa shape index (κ1) is 16.1. The van der Waals surface area contributed by atoms with Gasteiger partial charge in [-0.15, -0.1) is 11.3 Å². The van der Waals surface area contributed by atoms with Crippen molar-refractivity contribution in [2.75, 3.05) is 19.6 Å². The molecule has 0 aliphatic heterocycles. The fourth-order valence-electron chi connectivity index (χ4n) is 1.98. The Balaban J connectivity index is 2.71. The normalized spacial score (nSPS) is 11.2. The van der Waals surface area contributed by atoms with Gasteiger partial charge in [0.1, 0.15) is 4.88 Å². The van der Waals surface area contributed by atoms with Crippen molar-refractivity contribution >= 4 is 17.3 Å². The highest BCUT2D eigenvalue weighted by Gasteiger charge is 2.16. The summed E-state index contributed by atoms with van der Waals surface area (Å²) in [5, 5.41) is 10.2. The summed E-state index contributed by atoms with van der Waals surface area (Å²) < 4.78 is 0. The zero-order chi connectivity index (χ0) is 14.3. The molecule has 1 aromatic rings. The number of hydrogen-bond acceptors (Lipinski definition) is 4. The average Bonchev–Trinajstić information content (AvgIpc) is 2.81. The monoisotopic (exact) mass is 284 g/mol. The summed E-state index contributed by atoms with van der Waals surface area (Å²) in [4.78, 5) is 18.5. The van der Waals surface area contributed by atoms with Gasteiger partial charge in [-0.1, -0.05) is 27.2 Å². The third kappa shape index (κ3) is 4.91. The van der Waals surface area contributed by atoms with Crippen LogP contribution >= 0.6 is 11.3 Å². The molecule has 0 saturated carbocycles. The van der Waals surface area contributed by atoms with Crippen molar-refractivity contribution in [3.63, 3.8) is 0 Å². The van der Waals surface area contributed by atoms with Crippen LogP contribution in [0.15, 0.2) is 0 Å². The summed E-state index contributed by atoms with van der Waals surface area (Å²) in [6.07, 6.45) is 3.68. The number of carboxylic acid groups (broad SMARTS) is 1. The summed E-state index contributed by atoms with van der Waals surface area (Å²) in [5.41, 5.74) is 0.772. The summed E-state index contributed by atoms with van der Waals surface area (Å²) in [5.74, 6) is -0.835. The molecule has 0 saturated heterocycles. The standard InChI is InChI=1S/C14H24N2O2S/c1-4-7-8-11-13(14(17)18)19-12(15-11)9-10-16(5-2)6-3/h4-10H2,1-3H3,(H,17,18). The molecule has 19 heavy (non-hydrogen) atoms. The Bertz CT molecular complexity index is 400. The molecule has 0 aromatic carbocycles. The molecule has 1 aromatic heterocycles. The molecule has 0 aliphatic carbocycles. The Hall–Kier alpha value is -0.940. The van der Waals surface area contributed by atoms with Crippen LogP contribution in [0, 0.1) is 0 Å². The first-order valence-corrected chi connectivity index (χ1v) is 7.88. The number of likely N-dealkylation sites (N-methyl/N-ethyl adjacent to an activating group) is 1. The molecule has 0 atom stereocenters. The summed E-state index contributed by atoms with van der Waals surface area (Å²) >= 11 is 1.34. The smallest absolute Gasteiger partial charge is 0.347 e. The Morgan fingerprint density at radius 1 is 1.26 bits per heavy atom. The fraction of sp³-hybridized carbons (Fsp3) is 0.714. The maximum absolute atomic E-state index is 11.2. The van der Waals surface area contributed by atoms with Gasteiger partial charge < -0.3 is 10.0 Å². The van der Waals surface area contributed by atoms with E-state index in [-0.39, 0.29) is 0 Å². The van der Waals surface area contributed by atoms with E-state index in [4.69, 9.17) is 0 Å². The van der Waals surface area contributed by atoms with Gasteiger partial charge in [0.15, 0.2) is 0 Å². The number of nitrogens with zero attached hydrogens (tertiary/aromatic N) is 2. The highest BCUT2D eigenvalue weighted by atomic mass is 32.1. The molecule has 0 amide bonds. The Morgan fingerprint density at radius 2 is 1.95 bits per heavy atom. The number of carboxylic acids is 1. The average molecular weight is 284 g/mol. The number of aromatic nitrogens is 1. The molecule has 0 aliphatic rings. The van der Waals surface area contributed by atoms with Gasteiger partial charge in [0, 0.05) is 13.0 Å². The molecular weight excluding hydrogens is 260 g/mol. The van der Waals surface area contributed by atoms with Crippen LogP contribution in [0.25, 0.3) is 0 Å². The van der Waals surface area contributed by atoms with E-state index in [0.29, 0.717) is 4.88 Å². The van der Waals surface area contributed by atoms with E-state index in [1.54, 1.807) is 0 Å². The number of unbranched alkanes of at least 4 members (excludes halogenated alkanes) is 1. The molecule has 0 radical (unpaired) electrons. The molecule has 5 heteroatoms. The van der Waals surface area contributed by atoms with Gasteiger partial charge in [0.05, 0.1) is 10.7 Å². The maximum atomic E-state index is 11.2. The van der Waals surface area contributed by atoms with E-state index in [1.807, 2.05) is 0 Å². The van der Waals surface area contributed by atoms with E-state index in [9.17, 15) is 9.90 Å². The fourth-order valence-corrected chi connectivity index (χ4v) is 2.92. The Labute approximate surface area is 119 Å². The number of aromatic carboxylic acids is 1. The number of thiazole rings is 1. The molecule has 0 unspecified atom stereocenters. The van der Waals surface area contributed by atoms with E-state index < -0.39 is 5.97 Å². The molecule has 1 rings (SSSR count). The molecule has 0 spiro atoms. The molecular formula is C14H24N2O2S. The molecule has 1 heterocycles. The van der Waals surface area contributed by atoms with Gasteiger partial charge in [-0.2, -0.15) is 0 Å². The Morgan fingerprint density at radius 3 is 2.47 bits per heavy atom. The maximum Gasteiger partial charge on any atom is 0.347 e. The zero-order valence-electron chi connectivity index (χ0n) is 12.1. The summed E-state index contributed by atoms with van der Waals surface area (Å²) in [6.45, 7) is 9.38. The lowest BCUT2D eigenvalue weighted by Crippen LogP contribution is -2.25. The predicted molar refractivity (Wildman–Crippen MR) is 79.2 cm³/mol. The van der Waals surface area contributed by atoms with Crippen molar-refractivity contribution < 1.29 is 9.90 Å². The first-order valence-electron chi connectivity index (χ1n) is 7.06. The van der Waals surface area contributed by atoms with Crippen molar-refractivity contribution in [3.05, 3.63) is 15.6 Å². The quantitative estimate of drug-likeness (QED) is 0.757. The predicted octanol–water partition coefficient (Wildman–Crippen LogP) is 3.07. The second-order valence-electron chi connectivity index (χ2n) is 4.57. The van der Waals surface area contributed by atoms with Crippen LogP contribution in [0.4, 0.5) is 0 Å². The molecule has 0 bridgehead atoms. The van der Waals surface area contributed by atoms with Gasteiger partial charge in [-0.3, -0.25) is 0 Å². The van der Waals surface area contributed by atoms with Crippen LogP contribution in [-0.4, -0.2) is 40.6 Å². The zero-order valence-corrected chi connectivity index (χ0v) is 12.9. The lowest BCUT2D eigenvalue weighted by Gasteiger charge is -2.16. The number of aryl methyl sites for hydroxylation is 1. The molecule has 4 nitrogen and oxygen atoms in total. The third-order valence-electron chi connectivity index (χ3n) is 3.24. The highest BCUT2D eigenvalue weighted by Crippen LogP contribution is 2.21. The van der Waals surface area contributed by atoms with Crippen LogP contribution in [0.1, 0.15) is 54.0 Å². The van der Waals surface area contributed by atoms with Crippen LogP contribution in [-0.2, 0) is 12.8 Å².